The topological polar surface area (TPSA) is 57.6 Å². The Bertz CT molecular complexity index is 1150. The van der Waals surface area contributed by atoms with E-state index in [2.05, 4.69) is 23.1 Å². The molecule has 0 aliphatic carbocycles. The molecule has 0 unspecified atom stereocenters. The Labute approximate surface area is 207 Å². The molecule has 0 N–H and O–H groups in total. The van der Waals surface area contributed by atoms with Crippen LogP contribution in [0.2, 0.25) is 5.02 Å². The molecule has 0 saturated carbocycles. The van der Waals surface area contributed by atoms with Crippen molar-refractivity contribution < 1.29 is 14.3 Å². The summed E-state index contributed by atoms with van der Waals surface area (Å²) in [6, 6.07) is 19.7. The predicted molar refractivity (Wildman–Crippen MR) is 137 cm³/mol. The van der Waals surface area contributed by atoms with E-state index in [1.807, 2.05) is 57.8 Å². The van der Waals surface area contributed by atoms with Gasteiger partial charge in [0.2, 0.25) is 5.84 Å². The van der Waals surface area contributed by atoms with Crippen LogP contribution in [-0.2, 0) is 14.3 Å². The summed E-state index contributed by atoms with van der Waals surface area (Å²) in [7, 11) is 0. The van der Waals surface area contributed by atoms with Gasteiger partial charge in [-0.2, -0.15) is 0 Å². The summed E-state index contributed by atoms with van der Waals surface area (Å²) in [5.74, 6) is -0.216. The van der Waals surface area contributed by atoms with Gasteiger partial charge in [-0.15, -0.1) is 16.4 Å². The van der Waals surface area contributed by atoms with Crippen LogP contribution >= 0.6 is 22.9 Å². The molecular formula is C25H25ClN4O3S. The number of nitrogens with zero attached hydrogens (tertiary/aromatic N) is 4. The highest BCUT2D eigenvalue weighted by Gasteiger charge is 2.41. The van der Waals surface area contributed by atoms with Gasteiger partial charge >= 0.3 is 5.97 Å². The standard InChI is InChI=1S/C25H25ClN4O3S/c1-2-33-25(31)23-27-30(21-7-5-18(26)6-8-21)24(22-4-3-17-34-22)29(23)20-11-9-19(10-12-20)28-13-15-32-16-14-28/h3-12,17,24H,2,13-16H2,1H3/t24-/m0/s1. The molecule has 2 aliphatic heterocycles. The molecule has 1 saturated heterocycles. The van der Waals surface area contributed by atoms with Crippen LogP contribution in [0.15, 0.2) is 71.1 Å². The van der Waals surface area contributed by atoms with E-state index < -0.39 is 5.97 Å². The van der Waals surface area contributed by atoms with E-state index in [0.717, 1.165) is 48.2 Å². The minimum absolute atomic E-state index is 0.245. The van der Waals surface area contributed by atoms with E-state index in [4.69, 9.17) is 26.2 Å². The summed E-state index contributed by atoms with van der Waals surface area (Å²) in [6.45, 7) is 5.24. The van der Waals surface area contributed by atoms with Gasteiger partial charge in [-0.1, -0.05) is 17.7 Å². The third-order valence-corrected chi connectivity index (χ3v) is 6.92. The second kappa shape index (κ2) is 10.0. The van der Waals surface area contributed by atoms with Crippen LogP contribution in [0.4, 0.5) is 17.1 Å². The van der Waals surface area contributed by atoms with Crippen molar-refractivity contribution in [2.45, 2.75) is 13.1 Å². The number of rotatable bonds is 6. The van der Waals surface area contributed by atoms with Gasteiger partial charge in [0.1, 0.15) is 0 Å². The Balaban J connectivity index is 1.56. The number of carbonyl (C=O) groups excluding carboxylic acids is 1. The fraction of sp³-hybridized carbons (Fsp3) is 0.280. The van der Waals surface area contributed by atoms with Crippen LogP contribution in [0.3, 0.4) is 0 Å². The number of benzene rings is 2. The molecule has 0 radical (unpaired) electrons. The Kier molecular flexibility index (Phi) is 6.71. The first-order valence-corrected chi connectivity index (χ1v) is 12.5. The first-order valence-electron chi connectivity index (χ1n) is 11.2. The molecule has 0 amide bonds. The normalized spacial score (nSPS) is 18.2. The van der Waals surface area contributed by atoms with Crippen LogP contribution in [0.1, 0.15) is 18.0 Å². The molecular weight excluding hydrogens is 472 g/mol. The minimum atomic E-state index is -0.460. The minimum Gasteiger partial charge on any atom is -0.460 e. The van der Waals surface area contributed by atoms with E-state index in [1.165, 1.54) is 0 Å². The molecule has 34 heavy (non-hydrogen) atoms. The third kappa shape index (κ3) is 4.49. The lowest BCUT2D eigenvalue weighted by molar-refractivity contribution is -0.135. The van der Waals surface area contributed by atoms with Crippen molar-refractivity contribution in [1.29, 1.82) is 0 Å². The van der Waals surface area contributed by atoms with Gasteiger partial charge < -0.3 is 14.4 Å². The van der Waals surface area contributed by atoms with Crippen molar-refractivity contribution in [3.63, 3.8) is 0 Å². The average Bonchev–Trinajstić information content (AvgIpc) is 3.54. The zero-order valence-electron chi connectivity index (χ0n) is 18.8. The Hall–Kier alpha value is -3.07. The molecule has 176 valence electrons. The van der Waals surface area contributed by atoms with Crippen molar-refractivity contribution in [2.24, 2.45) is 5.10 Å². The lowest BCUT2D eigenvalue weighted by atomic mass is 10.2. The highest BCUT2D eigenvalue weighted by Crippen LogP contribution is 2.41. The summed E-state index contributed by atoms with van der Waals surface area (Å²) < 4.78 is 10.9. The number of carbonyl (C=O) groups is 1. The van der Waals surface area contributed by atoms with Gasteiger partial charge in [0, 0.05) is 34.4 Å². The molecule has 0 bridgehead atoms. The molecule has 2 aliphatic rings. The quantitative estimate of drug-likeness (QED) is 0.440. The number of thiophene rings is 1. The summed E-state index contributed by atoms with van der Waals surface area (Å²) in [5, 5.41) is 9.27. The zero-order chi connectivity index (χ0) is 23.5. The van der Waals surface area contributed by atoms with Crippen molar-refractivity contribution in [2.75, 3.05) is 47.7 Å². The van der Waals surface area contributed by atoms with Crippen molar-refractivity contribution in [3.8, 4) is 0 Å². The Morgan fingerprint density at radius 3 is 2.38 bits per heavy atom. The van der Waals surface area contributed by atoms with Crippen LogP contribution in [0.5, 0.6) is 0 Å². The summed E-state index contributed by atoms with van der Waals surface area (Å²) in [5.41, 5.74) is 2.82. The predicted octanol–water partition coefficient (Wildman–Crippen LogP) is 5.14. The number of morpholine rings is 1. The maximum atomic E-state index is 13.0. The van der Waals surface area contributed by atoms with Crippen molar-refractivity contribution in [1.82, 2.24) is 0 Å². The van der Waals surface area contributed by atoms with Gasteiger partial charge in [-0.3, -0.25) is 4.90 Å². The van der Waals surface area contributed by atoms with Crippen LogP contribution in [0.25, 0.3) is 0 Å². The van der Waals surface area contributed by atoms with Gasteiger partial charge in [0.15, 0.2) is 6.17 Å². The molecule has 9 heteroatoms. The second-order valence-corrected chi connectivity index (χ2v) is 9.26. The second-order valence-electron chi connectivity index (χ2n) is 7.84. The lowest BCUT2D eigenvalue weighted by Gasteiger charge is -2.32. The van der Waals surface area contributed by atoms with Crippen LogP contribution in [-0.4, -0.2) is 44.7 Å². The van der Waals surface area contributed by atoms with E-state index in [-0.39, 0.29) is 18.6 Å². The molecule has 1 atom stereocenters. The fourth-order valence-electron chi connectivity index (χ4n) is 4.15. The number of ether oxygens (including phenoxy) is 2. The number of anilines is 3. The molecule has 3 heterocycles. The fourth-order valence-corrected chi connectivity index (χ4v) is 5.08. The smallest absolute Gasteiger partial charge is 0.376 e. The largest absolute Gasteiger partial charge is 0.460 e. The molecule has 5 rings (SSSR count). The number of hydrogen-bond acceptors (Lipinski definition) is 8. The van der Waals surface area contributed by atoms with E-state index in [9.17, 15) is 4.79 Å². The molecule has 7 nitrogen and oxygen atoms in total. The van der Waals surface area contributed by atoms with Crippen LogP contribution in [0, 0.1) is 0 Å². The van der Waals surface area contributed by atoms with Crippen LogP contribution < -0.4 is 14.8 Å². The molecule has 1 aromatic heterocycles. The number of hydrogen-bond donors (Lipinski definition) is 0. The summed E-state index contributed by atoms with van der Waals surface area (Å²) >= 11 is 7.75. The monoisotopic (exact) mass is 496 g/mol. The third-order valence-electron chi connectivity index (χ3n) is 5.76. The summed E-state index contributed by atoms with van der Waals surface area (Å²) in [4.78, 5) is 18.3. The Morgan fingerprint density at radius 2 is 1.74 bits per heavy atom. The first-order chi connectivity index (χ1) is 16.7. The highest BCUT2D eigenvalue weighted by atomic mass is 35.5. The zero-order valence-corrected chi connectivity index (χ0v) is 20.3. The van der Waals surface area contributed by atoms with Gasteiger partial charge in [0.05, 0.1) is 25.5 Å². The number of esters is 1. The Morgan fingerprint density at radius 1 is 1.06 bits per heavy atom. The number of amidine groups is 1. The van der Waals surface area contributed by atoms with Gasteiger partial charge in [0.25, 0.3) is 0 Å². The van der Waals surface area contributed by atoms with E-state index in [1.54, 1.807) is 18.3 Å². The van der Waals surface area contributed by atoms with Crippen molar-refractivity contribution >= 4 is 51.8 Å². The van der Waals surface area contributed by atoms with E-state index >= 15 is 0 Å². The maximum absolute atomic E-state index is 13.0. The molecule has 1 fully saturated rings. The van der Waals surface area contributed by atoms with Crippen molar-refractivity contribution in [3.05, 3.63) is 75.9 Å². The molecule has 2 aromatic carbocycles. The molecule has 0 spiro atoms. The average molecular weight is 497 g/mol. The maximum Gasteiger partial charge on any atom is 0.376 e. The number of hydrazone groups is 1. The number of halogens is 1. The lowest BCUT2D eigenvalue weighted by Crippen LogP contribution is -2.39. The SMILES string of the molecule is CCOC(=O)C1=NN(c2ccc(Cl)cc2)[C@@H](c2cccs2)N1c1ccc(N2CCOCC2)cc1. The highest BCUT2D eigenvalue weighted by molar-refractivity contribution is 7.10. The van der Waals surface area contributed by atoms with E-state index in [0.29, 0.717) is 5.02 Å². The van der Waals surface area contributed by atoms with Gasteiger partial charge in [-0.05, 0) is 66.9 Å². The summed E-state index contributed by atoms with van der Waals surface area (Å²) in [6.07, 6.45) is -0.338. The van der Waals surface area contributed by atoms with Gasteiger partial charge in [-0.25, -0.2) is 9.80 Å². The molecule has 3 aromatic rings. The first kappa shape index (κ1) is 22.7.